The van der Waals surface area contributed by atoms with Gasteiger partial charge in [0.15, 0.2) is 0 Å². The normalized spacial score (nSPS) is 18.6. The van der Waals surface area contributed by atoms with Crippen molar-refractivity contribution in [2.45, 2.75) is 18.9 Å². The first kappa shape index (κ1) is 12.4. The van der Waals surface area contributed by atoms with Crippen LogP contribution in [0.1, 0.15) is 12.8 Å². The topological polar surface area (TPSA) is 58.6 Å². The van der Waals surface area contributed by atoms with E-state index in [4.69, 9.17) is 0 Å². The number of anilines is 1. The van der Waals surface area contributed by atoms with E-state index < -0.39 is 0 Å². The number of hydrogen-bond donors (Lipinski definition) is 1. The number of rotatable bonds is 4. The van der Waals surface area contributed by atoms with Gasteiger partial charge in [-0.1, -0.05) is 18.2 Å². The molecule has 18 heavy (non-hydrogen) atoms. The van der Waals surface area contributed by atoms with Gasteiger partial charge in [-0.05, 0) is 18.6 Å². The highest BCUT2D eigenvalue weighted by molar-refractivity contribution is 5.95. The summed E-state index contributed by atoms with van der Waals surface area (Å²) in [5.41, 5.74) is 0.849. The lowest BCUT2D eigenvalue weighted by Crippen LogP contribution is -2.34. The lowest BCUT2D eigenvalue weighted by Gasteiger charge is -2.22. The summed E-state index contributed by atoms with van der Waals surface area (Å²) in [5, 5.41) is 2.79. The third-order valence-corrected chi connectivity index (χ3v) is 3.02. The van der Waals surface area contributed by atoms with E-state index in [1.165, 1.54) is 7.11 Å². The average molecular weight is 248 g/mol. The smallest absolute Gasteiger partial charge is 0.322 e. The molecule has 0 radical (unpaired) electrons. The molecule has 2 amide bonds. The van der Waals surface area contributed by atoms with E-state index in [0.717, 1.165) is 5.69 Å². The first-order chi connectivity index (χ1) is 8.72. The first-order valence-corrected chi connectivity index (χ1v) is 5.91. The Hall–Kier alpha value is -2.04. The highest BCUT2D eigenvalue weighted by Crippen LogP contribution is 2.22. The molecular formula is C13H16N2O3. The number of esters is 1. The molecule has 0 spiro atoms. The average Bonchev–Trinajstić information content (AvgIpc) is 2.78. The lowest BCUT2D eigenvalue weighted by molar-refractivity contribution is -0.140. The van der Waals surface area contributed by atoms with Crippen LogP contribution >= 0.6 is 0 Å². The maximum atomic E-state index is 11.8. The Bertz CT molecular complexity index is 433. The standard InChI is InChI=1S/C13H16N2O3/c1-18-12(16)8-7-11-9-14-13(17)15(11)10-5-3-2-4-6-10/h2-6,11H,7-9H2,1H3,(H,14,17). The van der Waals surface area contributed by atoms with Crippen LogP contribution in [0.25, 0.3) is 0 Å². The van der Waals surface area contributed by atoms with E-state index >= 15 is 0 Å². The van der Waals surface area contributed by atoms with Gasteiger partial charge in [0.2, 0.25) is 0 Å². The molecule has 1 unspecified atom stereocenters. The van der Waals surface area contributed by atoms with Gasteiger partial charge < -0.3 is 10.1 Å². The number of amides is 2. The van der Waals surface area contributed by atoms with Gasteiger partial charge in [0.05, 0.1) is 13.2 Å². The van der Waals surface area contributed by atoms with Crippen molar-refractivity contribution >= 4 is 17.7 Å². The van der Waals surface area contributed by atoms with Crippen LogP contribution < -0.4 is 10.2 Å². The van der Waals surface area contributed by atoms with Crippen molar-refractivity contribution in [3.05, 3.63) is 30.3 Å². The van der Waals surface area contributed by atoms with E-state index in [0.29, 0.717) is 19.4 Å². The summed E-state index contributed by atoms with van der Waals surface area (Å²) in [6, 6.07) is 9.33. The monoisotopic (exact) mass is 248 g/mol. The van der Waals surface area contributed by atoms with Gasteiger partial charge in [-0.25, -0.2) is 4.79 Å². The molecule has 0 aromatic heterocycles. The van der Waals surface area contributed by atoms with Crippen LogP contribution in [0, 0.1) is 0 Å². The second-order valence-electron chi connectivity index (χ2n) is 4.16. The Balaban J connectivity index is 2.06. The molecule has 1 aliphatic rings. The molecule has 1 aromatic carbocycles. The summed E-state index contributed by atoms with van der Waals surface area (Å²) < 4.78 is 4.62. The maximum Gasteiger partial charge on any atom is 0.322 e. The minimum absolute atomic E-state index is 0.000926. The van der Waals surface area contributed by atoms with Crippen molar-refractivity contribution in [2.24, 2.45) is 0 Å². The van der Waals surface area contributed by atoms with Crippen LogP contribution in [-0.4, -0.2) is 31.7 Å². The third-order valence-electron chi connectivity index (χ3n) is 3.02. The van der Waals surface area contributed by atoms with Gasteiger partial charge in [0.1, 0.15) is 0 Å². The number of ether oxygens (including phenoxy) is 1. The highest BCUT2D eigenvalue weighted by Gasteiger charge is 2.31. The van der Waals surface area contributed by atoms with E-state index in [1.807, 2.05) is 30.3 Å². The predicted molar refractivity (Wildman–Crippen MR) is 67.4 cm³/mol. The molecule has 1 saturated heterocycles. The molecule has 1 N–H and O–H groups in total. The van der Waals surface area contributed by atoms with Crippen molar-refractivity contribution in [2.75, 3.05) is 18.6 Å². The minimum Gasteiger partial charge on any atom is -0.469 e. The fourth-order valence-electron chi connectivity index (χ4n) is 2.08. The van der Waals surface area contributed by atoms with Crippen molar-refractivity contribution in [3.63, 3.8) is 0 Å². The molecule has 1 fully saturated rings. The van der Waals surface area contributed by atoms with E-state index in [-0.39, 0.29) is 18.0 Å². The Morgan fingerprint density at radius 3 is 2.83 bits per heavy atom. The molecule has 0 aliphatic carbocycles. The molecule has 96 valence electrons. The zero-order chi connectivity index (χ0) is 13.0. The van der Waals surface area contributed by atoms with Crippen LogP contribution in [0.5, 0.6) is 0 Å². The molecular weight excluding hydrogens is 232 g/mol. The van der Waals surface area contributed by atoms with Crippen LogP contribution in [0.4, 0.5) is 10.5 Å². The largest absolute Gasteiger partial charge is 0.469 e. The number of methoxy groups -OCH3 is 1. The van der Waals surface area contributed by atoms with E-state index in [9.17, 15) is 9.59 Å². The Morgan fingerprint density at radius 1 is 1.44 bits per heavy atom. The van der Waals surface area contributed by atoms with Gasteiger partial charge in [-0.3, -0.25) is 9.69 Å². The third kappa shape index (κ3) is 2.61. The first-order valence-electron chi connectivity index (χ1n) is 5.91. The SMILES string of the molecule is COC(=O)CCC1CNC(=O)N1c1ccccc1. The molecule has 0 bridgehead atoms. The number of urea groups is 1. The van der Waals surface area contributed by atoms with Gasteiger partial charge in [-0.15, -0.1) is 0 Å². The van der Waals surface area contributed by atoms with Crippen molar-refractivity contribution in [1.82, 2.24) is 5.32 Å². The molecule has 5 nitrogen and oxygen atoms in total. The number of para-hydroxylation sites is 1. The predicted octanol–water partition coefficient (Wildman–Crippen LogP) is 1.54. The summed E-state index contributed by atoms with van der Waals surface area (Å²) in [6.45, 7) is 0.560. The van der Waals surface area contributed by atoms with Crippen LogP contribution in [-0.2, 0) is 9.53 Å². The van der Waals surface area contributed by atoms with Gasteiger partial charge in [-0.2, -0.15) is 0 Å². The zero-order valence-electron chi connectivity index (χ0n) is 10.3. The van der Waals surface area contributed by atoms with Crippen molar-refractivity contribution in [1.29, 1.82) is 0 Å². The minimum atomic E-state index is -0.248. The van der Waals surface area contributed by atoms with Gasteiger partial charge in [0.25, 0.3) is 0 Å². The number of nitrogens with one attached hydrogen (secondary N) is 1. The highest BCUT2D eigenvalue weighted by atomic mass is 16.5. The number of benzene rings is 1. The molecule has 0 saturated carbocycles. The van der Waals surface area contributed by atoms with Gasteiger partial charge >= 0.3 is 12.0 Å². The Labute approximate surface area is 106 Å². The summed E-state index contributed by atoms with van der Waals surface area (Å²) in [4.78, 5) is 24.6. The number of carbonyl (C=O) groups excluding carboxylic acids is 2. The summed E-state index contributed by atoms with van der Waals surface area (Å²) in [5.74, 6) is -0.248. The van der Waals surface area contributed by atoms with Crippen LogP contribution in [0.2, 0.25) is 0 Å². The molecule has 1 aliphatic heterocycles. The molecule has 1 heterocycles. The zero-order valence-corrected chi connectivity index (χ0v) is 10.3. The Kier molecular flexibility index (Phi) is 3.82. The summed E-state index contributed by atoms with van der Waals surface area (Å²) >= 11 is 0. The second kappa shape index (κ2) is 5.53. The number of carbonyl (C=O) groups is 2. The number of nitrogens with zero attached hydrogens (tertiary/aromatic N) is 1. The van der Waals surface area contributed by atoms with Gasteiger partial charge in [0, 0.05) is 18.7 Å². The summed E-state index contributed by atoms with van der Waals surface area (Å²) in [7, 11) is 1.37. The molecule has 5 heteroatoms. The van der Waals surface area contributed by atoms with Crippen LogP contribution in [0.3, 0.4) is 0 Å². The van der Waals surface area contributed by atoms with E-state index in [1.54, 1.807) is 4.90 Å². The van der Waals surface area contributed by atoms with E-state index in [2.05, 4.69) is 10.1 Å². The maximum absolute atomic E-state index is 11.8. The lowest BCUT2D eigenvalue weighted by atomic mass is 10.1. The fourth-order valence-corrected chi connectivity index (χ4v) is 2.08. The Morgan fingerprint density at radius 2 is 2.17 bits per heavy atom. The van der Waals surface area contributed by atoms with Crippen molar-refractivity contribution < 1.29 is 14.3 Å². The number of hydrogen-bond acceptors (Lipinski definition) is 3. The molecule has 2 rings (SSSR count). The quantitative estimate of drug-likeness (QED) is 0.822. The van der Waals surface area contributed by atoms with Crippen LogP contribution in [0.15, 0.2) is 30.3 Å². The summed E-state index contributed by atoms with van der Waals surface area (Å²) in [6.07, 6.45) is 0.916. The fraction of sp³-hybridized carbons (Fsp3) is 0.385. The molecule has 1 atom stereocenters. The van der Waals surface area contributed by atoms with Crippen molar-refractivity contribution in [3.8, 4) is 0 Å². The molecule has 1 aromatic rings. The second-order valence-corrected chi connectivity index (χ2v) is 4.16.